The summed E-state index contributed by atoms with van der Waals surface area (Å²) in [4.78, 5) is 22.7. The summed E-state index contributed by atoms with van der Waals surface area (Å²) >= 11 is 5.17. The van der Waals surface area contributed by atoms with Crippen molar-refractivity contribution in [2.45, 2.75) is 26.7 Å². The number of thiocarbonyl (C=S) groups is 1. The minimum atomic E-state index is -0.466. The Kier molecular flexibility index (Phi) is 7.25. The molecule has 0 spiro atoms. The van der Waals surface area contributed by atoms with Gasteiger partial charge in [0.05, 0.1) is 11.5 Å². The van der Waals surface area contributed by atoms with Crippen molar-refractivity contribution < 1.29 is 14.5 Å². The first kappa shape index (κ1) is 20.3. The van der Waals surface area contributed by atoms with E-state index in [1.807, 2.05) is 0 Å². The lowest BCUT2D eigenvalue weighted by atomic mass is 10.2. The van der Waals surface area contributed by atoms with E-state index in [0.29, 0.717) is 29.2 Å². The second kappa shape index (κ2) is 9.63. The predicted molar refractivity (Wildman–Crippen MR) is 108 cm³/mol. The zero-order chi connectivity index (χ0) is 19.8. The average Bonchev–Trinajstić information content (AvgIpc) is 2.63. The summed E-state index contributed by atoms with van der Waals surface area (Å²) in [6.07, 6.45) is 1.97. The third-order valence-corrected chi connectivity index (χ3v) is 3.96. The van der Waals surface area contributed by atoms with E-state index in [2.05, 4.69) is 17.6 Å². The quantitative estimate of drug-likeness (QED) is 0.320. The number of hydrogen-bond donors (Lipinski definition) is 2. The van der Waals surface area contributed by atoms with E-state index in [-0.39, 0.29) is 16.7 Å². The van der Waals surface area contributed by atoms with E-state index >= 15 is 0 Å². The summed E-state index contributed by atoms with van der Waals surface area (Å²) in [7, 11) is 0. The Hall–Kier alpha value is -3.00. The molecule has 142 valence electrons. The molecule has 0 aliphatic heterocycles. The van der Waals surface area contributed by atoms with Crippen LogP contribution in [0.15, 0.2) is 42.5 Å². The van der Waals surface area contributed by atoms with E-state index < -0.39 is 4.92 Å². The van der Waals surface area contributed by atoms with Gasteiger partial charge in [0.25, 0.3) is 11.6 Å². The van der Waals surface area contributed by atoms with Crippen LogP contribution in [-0.4, -0.2) is 22.5 Å². The van der Waals surface area contributed by atoms with Crippen LogP contribution in [0.4, 0.5) is 11.4 Å². The zero-order valence-electron chi connectivity index (χ0n) is 15.2. The molecule has 2 N–H and O–H groups in total. The normalized spacial score (nSPS) is 10.1. The maximum absolute atomic E-state index is 12.4. The van der Waals surface area contributed by atoms with Crippen LogP contribution in [0.5, 0.6) is 5.75 Å². The lowest BCUT2D eigenvalue weighted by Crippen LogP contribution is -2.34. The Morgan fingerprint density at radius 1 is 1.26 bits per heavy atom. The first-order valence-electron chi connectivity index (χ1n) is 8.51. The number of unbranched alkanes of at least 4 members (excludes halogenated alkanes) is 1. The fourth-order valence-electron chi connectivity index (χ4n) is 2.29. The zero-order valence-corrected chi connectivity index (χ0v) is 16.0. The molecule has 0 radical (unpaired) electrons. The van der Waals surface area contributed by atoms with E-state index in [1.165, 1.54) is 12.1 Å². The van der Waals surface area contributed by atoms with Gasteiger partial charge in [-0.05, 0) is 55.4 Å². The number of nitro benzene ring substituents is 1. The summed E-state index contributed by atoms with van der Waals surface area (Å²) < 4.78 is 5.60. The van der Waals surface area contributed by atoms with Gasteiger partial charge in [0.15, 0.2) is 5.11 Å². The predicted octanol–water partition coefficient (Wildman–Crippen LogP) is 4.21. The Labute approximate surface area is 162 Å². The Bertz CT molecular complexity index is 855. The molecule has 27 heavy (non-hydrogen) atoms. The van der Waals surface area contributed by atoms with Gasteiger partial charge in [-0.15, -0.1) is 0 Å². The molecular formula is C19H21N3O4S. The lowest BCUT2D eigenvalue weighted by molar-refractivity contribution is -0.384. The van der Waals surface area contributed by atoms with Crippen LogP contribution in [0.25, 0.3) is 0 Å². The van der Waals surface area contributed by atoms with Gasteiger partial charge < -0.3 is 10.1 Å². The fraction of sp³-hybridized carbons (Fsp3) is 0.263. The van der Waals surface area contributed by atoms with Crippen LogP contribution in [0, 0.1) is 17.0 Å². The van der Waals surface area contributed by atoms with Gasteiger partial charge in [0.1, 0.15) is 5.75 Å². The molecule has 0 atom stereocenters. The van der Waals surface area contributed by atoms with Crippen molar-refractivity contribution in [1.82, 2.24) is 5.32 Å². The number of anilines is 1. The van der Waals surface area contributed by atoms with Crippen LogP contribution in [0.1, 0.15) is 35.7 Å². The smallest absolute Gasteiger partial charge is 0.269 e. The number of nitrogens with one attached hydrogen (secondary N) is 2. The summed E-state index contributed by atoms with van der Waals surface area (Å²) in [5.41, 5.74) is 1.65. The van der Waals surface area contributed by atoms with Crippen LogP contribution >= 0.6 is 12.2 Å². The van der Waals surface area contributed by atoms with Gasteiger partial charge in [0, 0.05) is 23.4 Å². The van der Waals surface area contributed by atoms with Crippen molar-refractivity contribution in [3.8, 4) is 5.75 Å². The molecule has 0 saturated carbocycles. The van der Waals surface area contributed by atoms with Gasteiger partial charge in [-0.25, -0.2) is 0 Å². The number of carbonyl (C=O) groups excluding carboxylic acids is 1. The van der Waals surface area contributed by atoms with Crippen molar-refractivity contribution in [2.24, 2.45) is 0 Å². The number of rotatable bonds is 7. The molecular weight excluding hydrogens is 366 g/mol. The molecule has 0 heterocycles. The van der Waals surface area contributed by atoms with Crippen molar-refractivity contribution in [2.75, 3.05) is 11.9 Å². The number of benzene rings is 2. The molecule has 2 aromatic carbocycles. The topological polar surface area (TPSA) is 93.5 Å². The van der Waals surface area contributed by atoms with Gasteiger partial charge in [-0.3, -0.25) is 20.2 Å². The lowest BCUT2D eigenvalue weighted by Gasteiger charge is -2.12. The van der Waals surface area contributed by atoms with Gasteiger partial charge in [-0.2, -0.15) is 0 Å². The number of ether oxygens (including phenoxy) is 1. The van der Waals surface area contributed by atoms with Crippen molar-refractivity contribution >= 4 is 34.6 Å². The average molecular weight is 387 g/mol. The second-order valence-electron chi connectivity index (χ2n) is 5.89. The number of aryl methyl sites for hydroxylation is 1. The molecule has 0 saturated heterocycles. The number of non-ortho nitro benzene ring substituents is 1. The van der Waals surface area contributed by atoms with Crippen molar-refractivity contribution in [1.29, 1.82) is 0 Å². The molecule has 0 unspecified atom stereocenters. The highest BCUT2D eigenvalue weighted by atomic mass is 32.1. The standard InChI is InChI=1S/C19H21N3O4S/c1-3-4-10-26-16-7-5-6-14(12-16)18(23)21-19(27)20-17-9-8-15(22(24)25)11-13(17)2/h5-9,11-12H,3-4,10H2,1-2H3,(H2,20,21,23,27). The van der Waals surface area contributed by atoms with E-state index in [4.69, 9.17) is 17.0 Å². The van der Waals surface area contributed by atoms with E-state index in [1.54, 1.807) is 37.3 Å². The SMILES string of the molecule is CCCCOc1cccc(C(=O)NC(=S)Nc2ccc([N+](=O)[O-])cc2C)c1. The second-order valence-corrected chi connectivity index (χ2v) is 6.30. The first-order chi connectivity index (χ1) is 12.9. The van der Waals surface area contributed by atoms with E-state index in [9.17, 15) is 14.9 Å². The summed E-state index contributed by atoms with van der Waals surface area (Å²) in [5.74, 6) is 0.259. The maximum atomic E-state index is 12.4. The number of nitro groups is 1. The first-order valence-corrected chi connectivity index (χ1v) is 8.91. The number of carbonyl (C=O) groups is 1. The minimum Gasteiger partial charge on any atom is -0.494 e. The third-order valence-electron chi connectivity index (χ3n) is 3.76. The van der Waals surface area contributed by atoms with Crippen molar-refractivity contribution in [3.63, 3.8) is 0 Å². The summed E-state index contributed by atoms with van der Waals surface area (Å²) in [6, 6.07) is 11.2. The van der Waals surface area contributed by atoms with Crippen LogP contribution < -0.4 is 15.4 Å². The molecule has 0 fully saturated rings. The molecule has 2 aromatic rings. The molecule has 8 heteroatoms. The van der Waals surface area contributed by atoms with Gasteiger partial charge >= 0.3 is 0 Å². The molecule has 2 rings (SSSR count). The number of nitrogens with zero attached hydrogens (tertiary/aromatic N) is 1. The fourth-order valence-corrected chi connectivity index (χ4v) is 2.49. The number of hydrogen-bond acceptors (Lipinski definition) is 5. The Morgan fingerprint density at radius 3 is 2.70 bits per heavy atom. The summed E-state index contributed by atoms with van der Waals surface area (Å²) in [5, 5.41) is 16.4. The molecule has 0 aliphatic rings. The molecule has 0 aromatic heterocycles. The van der Waals surface area contributed by atoms with Crippen molar-refractivity contribution in [3.05, 3.63) is 63.7 Å². The van der Waals surface area contributed by atoms with Gasteiger partial charge in [-0.1, -0.05) is 19.4 Å². The number of amides is 1. The molecule has 1 amide bonds. The highest BCUT2D eigenvalue weighted by molar-refractivity contribution is 7.80. The minimum absolute atomic E-state index is 0.00658. The Balaban J connectivity index is 1.98. The summed E-state index contributed by atoms with van der Waals surface area (Å²) in [6.45, 7) is 4.39. The molecule has 0 aliphatic carbocycles. The Morgan fingerprint density at radius 2 is 2.04 bits per heavy atom. The van der Waals surface area contributed by atoms with Crippen LogP contribution in [0.2, 0.25) is 0 Å². The largest absolute Gasteiger partial charge is 0.494 e. The highest BCUT2D eigenvalue weighted by Crippen LogP contribution is 2.21. The monoisotopic (exact) mass is 387 g/mol. The van der Waals surface area contributed by atoms with Crippen LogP contribution in [-0.2, 0) is 0 Å². The molecule has 0 bridgehead atoms. The van der Waals surface area contributed by atoms with Gasteiger partial charge in [0.2, 0.25) is 0 Å². The maximum Gasteiger partial charge on any atom is 0.269 e. The highest BCUT2D eigenvalue weighted by Gasteiger charge is 2.12. The van der Waals surface area contributed by atoms with E-state index in [0.717, 1.165) is 12.8 Å². The third kappa shape index (κ3) is 6.03. The van der Waals surface area contributed by atoms with Crippen LogP contribution in [0.3, 0.4) is 0 Å². The molecule has 7 nitrogen and oxygen atoms in total.